The highest BCUT2D eigenvalue weighted by molar-refractivity contribution is 7.20. The van der Waals surface area contributed by atoms with Crippen molar-refractivity contribution in [3.63, 3.8) is 0 Å². The molecule has 0 amide bonds. The lowest BCUT2D eigenvalue weighted by molar-refractivity contribution is 0.102. The van der Waals surface area contributed by atoms with Gasteiger partial charge >= 0.3 is 0 Å². The molecule has 0 aromatic carbocycles. The van der Waals surface area contributed by atoms with Gasteiger partial charge in [0.1, 0.15) is 10.7 Å². The van der Waals surface area contributed by atoms with Crippen molar-refractivity contribution >= 4 is 27.3 Å². The predicted molar refractivity (Wildman–Crippen MR) is 63.5 cm³/mol. The molecular weight excluding hydrogens is 226 g/mol. The van der Waals surface area contributed by atoms with E-state index in [1.165, 1.54) is 18.3 Å². The minimum absolute atomic E-state index is 0.0545. The Hall–Kier alpha value is -1.69. The number of nitrogens with zero attached hydrogens (tertiary/aromatic N) is 2. The van der Waals surface area contributed by atoms with Crippen molar-refractivity contribution in [2.24, 2.45) is 0 Å². The number of fused-ring (bicyclic) bond motifs is 1. The second kappa shape index (κ2) is 3.41. The number of hydrogen-bond donors (Lipinski definition) is 1. The highest BCUT2D eigenvalue weighted by Crippen LogP contribution is 2.27. The van der Waals surface area contributed by atoms with Crippen LogP contribution in [0.15, 0.2) is 4.79 Å². The molecule has 0 radical (unpaired) electrons. The molecule has 84 valence electrons. The van der Waals surface area contributed by atoms with Crippen LogP contribution in [0.25, 0.3) is 10.2 Å². The minimum atomic E-state index is -0.302. The van der Waals surface area contributed by atoms with Crippen LogP contribution in [-0.2, 0) is 0 Å². The number of ketones is 1. The molecule has 2 aromatic heterocycles. The van der Waals surface area contributed by atoms with Crippen molar-refractivity contribution in [3.05, 3.63) is 26.6 Å². The number of aromatic nitrogens is 2. The minimum Gasteiger partial charge on any atom is -0.335 e. The Labute approximate surface area is 95.5 Å². The average Bonchev–Trinajstić information content (AvgIpc) is 2.52. The molecule has 0 aliphatic carbocycles. The maximum Gasteiger partial charge on any atom is 0.280 e. The summed E-state index contributed by atoms with van der Waals surface area (Å²) >= 11 is 1.24. The van der Waals surface area contributed by atoms with Crippen LogP contribution in [0.2, 0.25) is 0 Å². The standard InChI is InChI=1S/C10H11N3O2S/c1-4-7-9(16-8(4)5(2)14)12-6(3)13(11)10(7)15/h11H2,1-3H3. The van der Waals surface area contributed by atoms with Gasteiger partial charge < -0.3 is 5.84 Å². The van der Waals surface area contributed by atoms with Gasteiger partial charge in [0.15, 0.2) is 5.78 Å². The highest BCUT2D eigenvalue weighted by Gasteiger charge is 2.17. The zero-order valence-corrected chi connectivity index (χ0v) is 10.0. The second-order valence-corrected chi connectivity index (χ2v) is 4.63. The van der Waals surface area contributed by atoms with Crippen LogP contribution in [0.4, 0.5) is 0 Å². The summed E-state index contributed by atoms with van der Waals surface area (Å²) in [7, 11) is 0. The van der Waals surface area contributed by atoms with E-state index in [4.69, 9.17) is 5.84 Å². The number of carbonyl (C=O) groups is 1. The average molecular weight is 237 g/mol. The summed E-state index contributed by atoms with van der Waals surface area (Å²) in [5.74, 6) is 5.95. The molecule has 2 heterocycles. The number of thiophene rings is 1. The highest BCUT2D eigenvalue weighted by atomic mass is 32.1. The van der Waals surface area contributed by atoms with E-state index in [2.05, 4.69) is 4.98 Å². The molecule has 0 aliphatic heterocycles. The molecule has 0 spiro atoms. The third-order valence-corrected chi connectivity index (χ3v) is 3.78. The largest absolute Gasteiger partial charge is 0.335 e. The van der Waals surface area contributed by atoms with E-state index < -0.39 is 0 Å². The zero-order chi connectivity index (χ0) is 12.0. The lowest BCUT2D eigenvalue weighted by Crippen LogP contribution is -2.30. The van der Waals surface area contributed by atoms with Crippen LogP contribution in [0.5, 0.6) is 0 Å². The van der Waals surface area contributed by atoms with Gasteiger partial charge in [0.2, 0.25) is 0 Å². The second-order valence-electron chi connectivity index (χ2n) is 3.63. The van der Waals surface area contributed by atoms with E-state index >= 15 is 0 Å². The molecule has 0 saturated carbocycles. The fraction of sp³-hybridized carbons (Fsp3) is 0.300. The molecule has 2 aromatic rings. The van der Waals surface area contributed by atoms with Gasteiger partial charge in [-0.05, 0) is 26.3 Å². The fourth-order valence-electron chi connectivity index (χ4n) is 1.63. The molecule has 0 fully saturated rings. The SMILES string of the molecule is CC(=O)c1sc2nc(C)n(N)c(=O)c2c1C. The molecule has 6 heteroatoms. The molecule has 5 nitrogen and oxygen atoms in total. The molecule has 16 heavy (non-hydrogen) atoms. The Bertz CT molecular complexity index is 654. The van der Waals surface area contributed by atoms with Crippen LogP contribution in [0.3, 0.4) is 0 Å². The van der Waals surface area contributed by atoms with Gasteiger partial charge in [-0.1, -0.05) is 0 Å². The molecule has 0 unspecified atom stereocenters. The molecule has 2 N–H and O–H groups in total. The van der Waals surface area contributed by atoms with Crippen molar-refractivity contribution in [1.29, 1.82) is 0 Å². The first-order valence-corrected chi connectivity index (χ1v) is 5.54. The van der Waals surface area contributed by atoms with Gasteiger partial charge in [-0.2, -0.15) is 0 Å². The fourth-order valence-corrected chi connectivity index (χ4v) is 2.75. The van der Waals surface area contributed by atoms with Crippen LogP contribution in [0, 0.1) is 13.8 Å². The Morgan fingerprint density at radius 3 is 2.62 bits per heavy atom. The van der Waals surface area contributed by atoms with Gasteiger partial charge in [0.25, 0.3) is 5.56 Å². The van der Waals surface area contributed by atoms with Crippen LogP contribution in [0.1, 0.15) is 28.0 Å². The molecular formula is C10H11N3O2S. The summed E-state index contributed by atoms with van der Waals surface area (Å²) in [6, 6.07) is 0. The topological polar surface area (TPSA) is 78.0 Å². The van der Waals surface area contributed by atoms with Crippen molar-refractivity contribution in [2.75, 3.05) is 5.84 Å². The number of Topliss-reactive ketones (excluding diaryl/α,β-unsaturated/α-hetero) is 1. The van der Waals surface area contributed by atoms with E-state index in [9.17, 15) is 9.59 Å². The van der Waals surface area contributed by atoms with Crippen LogP contribution in [-0.4, -0.2) is 15.4 Å². The van der Waals surface area contributed by atoms with E-state index in [0.717, 1.165) is 4.68 Å². The summed E-state index contributed by atoms with van der Waals surface area (Å²) < 4.78 is 1.01. The molecule has 0 bridgehead atoms. The van der Waals surface area contributed by atoms with E-state index in [1.54, 1.807) is 13.8 Å². The maximum atomic E-state index is 11.9. The number of nitrogen functional groups attached to an aromatic ring is 1. The predicted octanol–water partition coefficient (Wildman–Crippen LogP) is 0.991. The number of hydrogen-bond acceptors (Lipinski definition) is 5. The quantitative estimate of drug-likeness (QED) is 0.592. The monoisotopic (exact) mass is 237 g/mol. The first-order chi connectivity index (χ1) is 7.43. The number of aryl methyl sites for hydroxylation is 2. The molecule has 0 saturated heterocycles. The van der Waals surface area contributed by atoms with Crippen molar-refractivity contribution in [1.82, 2.24) is 9.66 Å². The molecule has 2 rings (SSSR count). The smallest absolute Gasteiger partial charge is 0.280 e. The van der Waals surface area contributed by atoms with Gasteiger partial charge in [-0.15, -0.1) is 11.3 Å². The lowest BCUT2D eigenvalue weighted by Gasteiger charge is -2.01. The summed E-state index contributed by atoms with van der Waals surface area (Å²) in [5, 5.41) is 0.448. The summed E-state index contributed by atoms with van der Waals surface area (Å²) in [4.78, 5) is 28.6. The van der Waals surface area contributed by atoms with E-state index in [-0.39, 0.29) is 11.3 Å². The van der Waals surface area contributed by atoms with Crippen LogP contribution >= 0.6 is 11.3 Å². The van der Waals surface area contributed by atoms with Gasteiger partial charge in [-0.3, -0.25) is 9.59 Å². The maximum absolute atomic E-state index is 11.9. The summed E-state index contributed by atoms with van der Waals surface area (Å²) in [6.45, 7) is 4.88. The van der Waals surface area contributed by atoms with Gasteiger partial charge in [0.05, 0.1) is 10.3 Å². The number of nitrogens with two attached hydrogens (primary N) is 1. The summed E-state index contributed by atoms with van der Waals surface area (Å²) in [6.07, 6.45) is 0. The Morgan fingerprint density at radius 2 is 2.06 bits per heavy atom. The zero-order valence-electron chi connectivity index (χ0n) is 9.20. The molecule has 0 atom stereocenters. The van der Waals surface area contributed by atoms with E-state index in [0.29, 0.717) is 26.5 Å². The number of carbonyl (C=O) groups excluding carboxylic acids is 1. The normalized spacial score (nSPS) is 10.9. The van der Waals surface area contributed by atoms with Gasteiger partial charge in [0, 0.05) is 0 Å². The Morgan fingerprint density at radius 1 is 1.44 bits per heavy atom. The Kier molecular flexibility index (Phi) is 2.31. The van der Waals surface area contributed by atoms with Gasteiger partial charge in [-0.25, -0.2) is 9.66 Å². The van der Waals surface area contributed by atoms with Crippen molar-refractivity contribution in [3.8, 4) is 0 Å². The van der Waals surface area contributed by atoms with Crippen LogP contribution < -0.4 is 11.4 Å². The van der Waals surface area contributed by atoms with Crippen molar-refractivity contribution < 1.29 is 4.79 Å². The third-order valence-electron chi connectivity index (χ3n) is 2.49. The molecule has 0 aliphatic rings. The lowest BCUT2D eigenvalue weighted by atomic mass is 10.2. The number of rotatable bonds is 1. The Balaban J connectivity index is 2.99. The first kappa shape index (κ1) is 10.8. The summed E-state index contributed by atoms with van der Waals surface area (Å²) in [5.41, 5.74) is 0.368. The van der Waals surface area contributed by atoms with Crippen molar-refractivity contribution in [2.45, 2.75) is 20.8 Å². The third kappa shape index (κ3) is 1.34. The first-order valence-electron chi connectivity index (χ1n) is 4.72. The van der Waals surface area contributed by atoms with E-state index in [1.807, 2.05) is 0 Å².